The number of ketones is 1. The van der Waals surface area contributed by atoms with Crippen molar-refractivity contribution in [3.63, 3.8) is 0 Å². The van der Waals surface area contributed by atoms with Gasteiger partial charge < -0.3 is 9.72 Å². The third kappa shape index (κ3) is 3.31. The molecule has 0 spiro atoms. The van der Waals surface area contributed by atoms with Crippen LogP contribution in [0.3, 0.4) is 0 Å². The first-order chi connectivity index (χ1) is 12.9. The first-order valence-electron chi connectivity index (χ1n) is 9.65. The summed E-state index contributed by atoms with van der Waals surface area (Å²) in [6, 6.07) is 6.29. The highest BCUT2D eigenvalue weighted by atomic mass is 19.1. The first kappa shape index (κ1) is 18.0. The van der Waals surface area contributed by atoms with Gasteiger partial charge in [0.05, 0.1) is 0 Å². The second-order valence-electron chi connectivity index (χ2n) is 7.91. The number of halogens is 1. The topological polar surface area (TPSA) is 59.2 Å². The molecule has 1 aromatic heterocycles. The summed E-state index contributed by atoms with van der Waals surface area (Å²) in [5.74, 6) is -0.270. The van der Waals surface area contributed by atoms with E-state index in [-0.39, 0.29) is 29.6 Å². The predicted octanol–water partition coefficient (Wildman–Crippen LogP) is 4.72. The molecule has 4 nitrogen and oxygen atoms in total. The molecule has 1 N–H and O–H groups in total. The second kappa shape index (κ2) is 6.95. The van der Waals surface area contributed by atoms with Gasteiger partial charge in [-0.15, -0.1) is 0 Å². The molecule has 0 saturated heterocycles. The number of hydrogen-bond donors (Lipinski definition) is 1. The van der Waals surface area contributed by atoms with E-state index in [0.29, 0.717) is 35.6 Å². The number of carbonyl (C=O) groups is 2. The molecule has 2 aliphatic carbocycles. The van der Waals surface area contributed by atoms with Crippen LogP contribution in [0.2, 0.25) is 0 Å². The molecule has 27 heavy (non-hydrogen) atoms. The van der Waals surface area contributed by atoms with Crippen LogP contribution >= 0.6 is 0 Å². The minimum Gasteiger partial charge on any atom is -0.457 e. The standard InChI is InChI=1S/C22H24FNO3/c1-12-4-3-5-19(12)27-22(26)21-13(2)20-17(24-21)10-15(11-18(20)25)14-6-8-16(23)9-7-14/h6-9,12,15,19,24H,3-5,10-11H2,1-2H3/t12-,15-,19-/m0/s1. The number of H-pyrrole nitrogens is 1. The number of aromatic nitrogens is 1. The largest absolute Gasteiger partial charge is 0.457 e. The molecule has 4 rings (SSSR count). The van der Waals surface area contributed by atoms with Crippen LogP contribution in [0.4, 0.5) is 4.39 Å². The van der Waals surface area contributed by atoms with Crippen molar-refractivity contribution in [1.29, 1.82) is 0 Å². The molecule has 0 aliphatic heterocycles. The van der Waals surface area contributed by atoms with E-state index in [2.05, 4.69) is 11.9 Å². The molecule has 3 atom stereocenters. The van der Waals surface area contributed by atoms with E-state index in [9.17, 15) is 14.0 Å². The van der Waals surface area contributed by atoms with Crippen molar-refractivity contribution in [3.8, 4) is 0 Å². The van der Waals surface area contributed by atoms with Crippen molar-refractivity contribution < 1.29 is 18.7 Å². The Labute approximate surface area is 158 Å². The number of rotatable bonds is 3. The van der Waals surface area contributed by atoms with Crippen molar-refractivity contribution in [2.24, 2.45) is 5.92 Å². The van der Waals surface area contributed by atoms with Gasteiger partial charge in [0.15, 0.2) is 5.78 Å². The molecule has 142 valence electrons. The van der Waals surface area contributed by atoms with Crippen molar-refractivity contribution in [2.75, 3.05) is 0 Å². The van der Waals surface area contributed by atoms with Gasteiger partial charge >= 0.3 is 5.97 Å². The second-order valence-corrected chi connectivity index (χ2v) is 7.91. The number of Topliss-reactive ketones (excluding diaryl/α,β-unsaturated/α-hetero) is 1. The van der Waals surface area contributed by atoms with Crippen molar-refractivity contribution >= 4 is 11.8 Å². The monoisotopic (exact) mass is 369 g/mol. The fourth-order valence-corrected chi connectivity index (χ4v) is 4.49. The molecular weight excluding hydrogens is 345 g/mol. The Hall–Kier alpha value is -2.43. The lowest BCUT2D eigenvalue weighted by Gasteiger charge is -2.22. The van der Waals surface area contributed by atoms with E-state index in [1.165, 1.54) is 12.1 Å². The van der Waals surface area contributed by atoms with Gasteiger partial charge in [-0.25, -0.2) is 9.18 Å². The maximum Gasteiger partial charge on any atom is 0.355 e. The summed E-state index contributed by atoms with van der Waals surface area (Å²) in [5.41, 5.74) is 3.42. The lowest BCUT2D eigenvalue weighted by Crippen LogP contribution is -2.21. The smallest absolute Gasteiger partial charge is 0.355 e. The maximum absolute atomic E-state index is 13.2. The molecule has 1 heterocycles. The average molecular weight is 369 g/mol. The van der Waals surface area contributed by atoms with Crippen LogP contribution in [0.25, 0.3) is 0 Å². The first-order valence-corrected chi connectivity index (χ1v) is 9.65. The predicted molar refractivity (Wildman–Crippen MR) is 99.5 cm³/mol. The molecule has 0 unspecified atom stereocenters. The van der Waals surface area contributed by atoms with Crippen molar-refractivity contribution in [2.45, 2.75) is 58.0 Å². The van der Waals surface area contributed by atoms with E-state index in [1.807, 2.05) is 0 Å². The minimum atomic E-state index is -0.369. The normalized spacial score (nSPS) is 24.7. The third-order valence-corrected chi connectivity index (χ3v) is 6.08. The Morgan fingerprint density at radius 2 is 1.93 bits per heavy atom. The van der Waals surface area contributed by atoms with Crippen LogP contribution in [0.1, 0.15) is 76.2 Å². The van der Waals surface area contributed by atoms with E-state index < -0.39 is 0 Å². The summed E-state index contributed by atoms with van der Waals surface area (Å²) in [5, 5.41) is 0. The van der Waals surface area contributed by atoms with E-state index in [0.717, 1.165) is 30.5 Å². The van der Waals surface area contributed by atoms with Crippen LogP contribution in [-0.4, -0.2) is 22.8 Å². The fraction of sp³-hybridized carbons (Fsp3) is 0.455. The van der Waals surface area contributed by atoms with Crippen LogP contribution in [0.5, 0.6) is 0 Å². The lowest BCUT2D eigenvalue weighted by atomic mass is 9.81. The van der Waals surface area contributed by atoms with Crippen LogP contribution in [0.15, 0.2) is 24.3 Å². The van der Waals surface area contributed by atoms with Crippen LogP contribution < -0.4 is 0 Å². The zero-order chi connectivity index (χ0) is 19.1. The highest BCUT2D eigenvalue weighted by Gasteiger charge is 2.34. The van der Waals surface area contributed by atoms with Gasteiger partial charge in [-0.1, -0.05) is 19.1 Å². The number of ether oxygens (including phenoxy) is 1. The number of nitrogens with one attached hydrogen (secondary N) is 1. The number of hydrogen-bond acceptors (Lipinski definition) is 3. The summed E-state index contributed by atoms with van der Waals surface area (Å²) < 4.78 is 18.9. The number of fused-ring (bicyclic) bond motifs is 1. The number of benzene rings is 1. The zero-order valence-corrected chi connectivity index (χ0v) is 15.7. The average Bonchev–Trinajstić information content (AvgIpc) is 3.19. The van der Waals surface area contributed by atoms with Crippen LogP contribution in [-0.2, 0) is 11.2 Å². The summed E-state index contributed by atoms with van der Waals surface area (Å²) in [4.78, 5) is 28.6. The molecule has 2 aromatic rings. The molecule has 0 radical (unpaired) electrons. The molecule has 0 bridgehead atoms. The van der Waals surface area contributed by atoms with E-state index in [1.54, 1.807) is 19.1 Å². The van der Waals surface area contributed by atoms with E-state index in [4.69, 9.17) is 4.74 Å². The number of carbonyl (C=O) groups excluding carboxylic acids is 2. The minimum absolute atomic E-state index is 0.0117. The lowest BCUT2D eigenvalue weighted by molar-refractivity contribution is 0.0219. The van der Waals surface area contributed by atoms with Gasteiger partial charge in [-0.05, 0) is 67.7 Å². The fourth-order valence-electron chi connectivity index (χ4n) is 4.49. The molecule has 1 aromatic carbocycles. The quantitative estimate of drug-likeness (QED) is 0.797. The highest BCUT2D eigenvalue weighted by molar-refractivity contribution is 6.03. The molecular formula is C22H24FNO3. The summed E-state index contributed by atoms with van der Waals surface area (Å²) in [6.07, 6.45) is 4.01. The van der Waals surface area contributed by atoms with Gasteiger partial charge in [0.25, 0.3) is 0 Å². The molecule has 1 fully saturated rings. The molecule has 5 heteroatoms. The molecule has 0 amide bonds. The molecule has 2 aliphatic rings. The van der Waals surface area contributed by atoms with E-state index >= 15 is 0 Å². The van der Waals surface area contributed by atoms with Gasteiger partial charge in [0.1, 0.15) is 17.6 Å². The SMILES string of the molecule is Cc1c(C(=O)O[C@H]2CCC[C@@H]2C)[nH]c2c1C(=O)C[C@@H](c1ccc(F)cc1)C2. The summed E-state index contributed by atoms with van der Waals surface area (Å²) >= 11 is 0. The van der Waals surface area contributed by atoms with Crippen molar-refractivity contribution in [3.05, 3.63) is 58.2 Å². The Balaban J connectivity index is 1.58. The van der Waals surface area contributed by atoms with Crippen molar-refractivity contribution in [1.82, 2.24) is 4.98 Å². The molecule has 1 saturated carbocycles. The number of esters is 1. The van der Waals surface area contributed by atoms with Gasteiger partial charge in [-0.3, -0.25) is 4.79 Å². The number of aromatic amines is 1. The van der Waals surface area contributed by atoms with Gasteiger partial charge in [0.2, 0.25) is 0 Å². The Morgan fingerprint density at radius 3 is 2.59 bits per heavy atom. The Morgan fingerprint density at radius 1 is 1.19 bits per heavy atom. The third-order valence-electron chi connectivity index (χ3n) is 6.08. The summed E-state index contributed by atoms with van der Waals surface area (Å²) in [6.45, 7) is 3.91. The summed E-state index contributed by atoms with van der Waals surface area (Å²) in [7, 11) is 0. The Kier molecular flexibility index (Phi) is 4.62. The van der Waals surface area contributed by atoms with Crippen LogP contribution in [0, 0.1) is 18.7 Å². The maximum atomic E-state index is 13.2. The Bertz CT molecular complexity index is 884. The van der Waals surface area contributed by atoms with Gasteiger partial charge in [0, 0.05) is 17.7 Å². The van der Waals surface area contributed by atoms with Gasteiger partial charge in [-0.2, -0.15) is 0 Å². The highest BCUT2D eigenvalue weighted by Crippen LogP contribution is 2.36. The zero-order valence-electron chi connectivity index (χ0n) is 15.7.